The van der Waals surface area contributed by atoms with Gasteiger partial charge in [0.15, 0.2) is 0 Å². The minimum Gasteiger partial charge on any atom is -0.337 e. The lowest BCUT2D eigenvalue weighted by atomic mass is 10.2. The normalized spacial score (nSPS) is 16.8. The molecule has 1 fully saturated rings. The molecule has 5 heteroatoms. The molecule has 0 bridgehead atoms. The molecule has 1 saturated heterocycles. The molecule has 1 aliphatic rings. The lowest BCUT2D eigenvalue weighted by Gasteiger charge is -2.34. The highest BCUT2D eigenvalue weighted by atomic mass is 16.2. The standard InChI is InChI=1S/C16H24N4O/c1-18(2)9-5-7-16(21)20-12-10-19(11-13-20)14-15-6-3-4-8-17-15/h3-8H,9-14H2,1-2H3/b7-5+. The first kappa shape index (κ1) is 15.7. The van der Waals surface area contributed by atoms with Crippen LogP contribution in [0.5, 0.6) is 0 Å². The van der Waals surface area contributed by atoms with Crippen LogP contribution in [0, 0.1) is 0 Å². The molecule has 2 rings (SSSR count). The third-order valence-corrected chi connectivity index (χ3v) is 3.53. The number of aromatic nitrogens is 1. The van der Waals surface area contributed by atoms with Crippen molar-refractivity contribution in [3.05, 3.63) is 42.2 Å². The lowest BCUT2D eigenvalue weighted by molar-refractivity contribution is -0.127. The number of likely N-dealkylation sites (N-methyl/N-ethyl adjacent to an activating group) is 1. The molecule has 0 unspecified atom stereocenters. The summed E-state index contributed by atoms with van der Waals surface area (Å²) >= 11 is 0. The van der Waals surface area contributed by atoms with E-state index in [0.717, 1.165) is 45.0 Å². The molecule has 0 radical (unpaired) electrons. The summed E-state index contributed by atoms with van der Waals surface area (Å²) in [6.07, 6.45) is 5.43. The summed E-state index contributed by atoms with van der Waals surface area (Å²) in [7, 11) is 3.98. The van der Waals surface area contributed by atoms with E-state index in [1.165, 1.54) is 0 Å². The number of hydrogen-bond acceptors (Lipinski definition) is 4. The van der Waals surface area contributed by atoms with Crippen LogP contribution >= 0.6 is 0 Å². The molecule has 114 valence electrons. The first-order chi connectivity index (χ1) is 10.1. The van der Waals surface area contributed by atoms with Crippen molar-refractivity contribution in [2.24, 2.45) is 0 Å². The molecule has 0 spiro atoms. The topological polar surface area (TPSA) is 39.7 Å². The van der Waals surface area contributed by atoms with E-state index in [1.807, 2.05) is 54.4 Å². The largest absolute Gasteiger partial charge is 0.337 e. The number of rotatable bonds is 5. The van der Waals surface area contributed by atoms with Crippen molar-refractivity contribution in [2.45, 2.75) is 6.54 Å². The maximum absolute atomic E-state index is 12.0. The Balaban J connectivity index is 1.75. The summed E-state index contributed by atoms with van der Waals surface area (Å²) in [5, 5.41) is 0. The summed E-state index contributed by atoms with van der Waals surface area (Å²) in [5.41, 5.74) is 1.09. The van der Waals surface area contributed by atoms with Crippen LogP contribution in [0.3, 0.4) is 0 Å². The number of amides is 1. The van der Waals surface area contributed by atoms with Crippen LogP contribution in [0.1, 0.15) is 5.69 Å². The lowest BCUT2D eigenvalue weighted by Crippen LogP contribution is -2.47. The molecular formula is C16H24N4O. The highest BCUT2D eigenvalue weighted by molar-refractivity contribution is 5.87. The van der Waals surface area contributed by atoms with Crippen LogP contribution < -0.4 is 0 Å². The fraction of sp³-hybridized carbons (Fsp3) is 0.500. The molecule has 5 nitrogen and oxygen atoms in total. The molecule has 0 saturated carbocycles. The predicted molar refractivity (Wildman–Crippen MR) is 83.8 cm³/mol. The molecule has 1 aromatic heterocycles. The molecule has 21 heavy (non-hydrogen) atoms. The zero-order valence-electron chi connectivity index (χ0n) is 12.9. The molecule has 0 aliphatic carbocycles. The second kappa shape index (κ2) is 7.90. The van der Waals surface area contributed by atoms with Crippen molar-refractivity contribution in [1.29, 1.82) is 0 Å². The quantitative estimate of drug-likeness (QED) is 0.753. The summed E-state index contributed by atoms with van der Waals surface area (Å²) in [4.78, 5) is 22.7. The summed E-state index contributed by atoms with van der Waals surface area (Å²) in [6.45, 7) is 5.05. The van der Waals surface area contributed by atoms with Gasteiger partial charge in [0.2, 0.25) is 5.91 Å². The number of carbonyl (C=O) groups is 1. The second-order valence-corrected chi connectivity index (χ2v) is 5.59. The van der Waals surface area contributed by atoms with E-state index in [2.05, 4.69) is 9.88 Å². The fourth-order valence-corrected chi connectivity index (χ4v) is 2.32. The van der Waals surface area contributed by atoms with E-state index in [-0.39, 0.29) is 5.91 Å². The SMILES string of the molecule is CN(C)C/C=C/C(=O)N1CCN(Cc2ccccn2)CC1. The predicted octanol–water partition coefficient (Wildman–Crippen LogP) is 0.844. The van der Waals surface area contributed by atoms with Crippen molar-refractivity contribution in [3.63, 3.8) is 0 Å². The smallest absolute Gasteiger partial charge is 0.246 e. The van der Waals surface area contributed by atoms with Crippen molar-refractivity contribution >= 4 is 5.91 Å². The number of piperazine rings is 1. The number of carbonyl (C=O) groups excluding carboxylic acids is 1. The number of nitrogens with zero attached hydrogens (tertiary/aromatic N) is 4. The third kappa shape index (κ3) is 5.28. The van der Waals surface area contributed by atoms with Crippen LogP contribution in [0.2, 0.25) is 0 Å². The summed E-state index contributed by atoms with van der Waals surface area (Å²) < 4.78 is 0. The van der Waals surface area contributed by atoms with Gasteiger partial charge < -0.3 is 9.80 Å². The van der Waals surface area contributed by atoms with Gasteiger partial charge in [0.1, 0.15) is 0 Å². The Kier molecular flexibility index (Phi) is 5.90. The Morgan fingerprint density at radius 3 is 2.67 bits per heavy atom. The van der Waals surface area contributed by atoms with Gasteiger partial charge in [-0.2, -0.15) is 0 Å². The van der Waals surface area contributed by atoms with Crippen molar-refractivity contribution in [3.8, 4) is 0 Å². The highest BCUT2D eigenvalue weighted by Crippen LogP contribution is 2.07. The Morgan fingerprint density at radius 1 is 1.29 bits per heavy atom. The van der Waals surface area contributed by atoms with Gasteiger partial charge in [-0.05, 0) is 26.2 Å². The number of hydrogen-bond donors (Lipinski definition) is 0. The van der Waals surface area contributed by atoms with Crippen molar-refractivity contribution < 1.29 is 4.79 Å². The molecule has 0 aromatic carbocycles. The highest BCUT2D eigenvalue weighted by Gasteiger charge is 2.19. The van der Waals surface area contributed by atoms with Crippen molar-refractivity contribution in [1.82, 2.24) is 19.7 Å². The van der Waals surface area contributed by atoms with E-state index in [0.29, 0.717) is 0 Å². The molecule has 1 amide bonds. The fourth-order valence-electron chi connectivity index (χ4n) is 2.32. The molecule has 0 N–H and O–H groups in total. The van der Waals surface area contributed by atoms with E-state index in [4.69, 9.17) is 0 Å². The Morgan fingerprint density at radius 2 is 2.05 bits per heavy atom. The second-order valence-electron chi connectivity index (χ2n) is 5.59. The zero-order valence-corrected chi connectivity index (χ0v) is 12.9. The number of pyridine rings is 1. The first-order valence-corrected chi connectivity index (χ1v) is 7.37. The van der Waals surface area contributed by atoms with Gasteiger partial charge in [-0.25, -0.2) is 0 Å². The van der Waals surface area contributed by atoms with E-state index in [9.17, 15) is 4.79 Å². The van der Waals surface area contributed by atoms with Crippen molar-refractivity contribution in [2.75, 3.05) is 46.8 Å². The van der Waals surface area contributed by atoms with Gasteiger partial charge in [0.05, 0.1) is 5.69 Å². The average molecular weight is 288 g/mol. The van der Waals surface area contributed by atoms with E-state index in [1.54, 1.807) is 6.08 Å². The van der Waals surface area contributed by atoms with Gasteiger partial charge in [-0.1, -0.05) is 12.1 Å². The Labute approximate surface area is 126 Å². The van der Waals surface area contributed by atoms with Gasteiger partial charge in [-0.3, -0.25) is 14.7 Å². The first-order valence-electron chi connectivity index (χ1n) is 7.37. The van der Waals surface area contributed by atoms with Gasteiger partial charge in [0.25, 0.3) is 0 Å². The Bertz CT molecular complexity index is 464. The third-order valence-electron chi connectivity index (χ3n) is 3.53. The zero-order chi connectivity index (χ0) is 15.1. The van der Waals surface area contributed by atoms with Gasteiger partial charge in [0, 0.05) is 51.5 Å². The minimum absolute atomic E-state index is 0.120. The van der Waals surface area contributed by atoms with E-state index >= 15 is 0 Å². The van der Waals surface area contributed by atoms with E-state index < -0.39 is 0 Å². The van der Waals surface area contributed by atoms with Crippen LogP contribution in [0.15, 0.2) is 36.5 Å². The molecular weight excluding hydrogens is 264 g/mol. The van der Waals surface area contributed by atoms with Gasteiger partial charge >= 0.3 is 0 Å². The molecule has 2 heterocycles. The molecule has 1 aliphatic heterocycles. The summed E-state index contributed by atoms with van der Waals surface area (Å²) in [6, 6.07) is 5.99. The van der Waals surface area contributed by atoms with Crippen LogP contribution in [-0.2, 0) is 11.3 Å². The van der Waals surface area contributed by atoms with Crippen LogP contribution in [-0.4, -0.2) is 72.4 Å². The monoisotopic (exact) mass is 288 g/mol. The van der Waals surface area contributed by atoms with Crippen LogP contribution in [0.4, 0.5) is 0 Å². The average Bonchev–Trinajstić information content (AvgIpc) is 2.48. The maximum Gasteiger partial charge on any atom is 0.246 e. The molecule has 1 aromatic rings. The minimum atomic E-state index is 0.120. The Hall–Kier alpha value is -1.72. The summed E-state index contributed by atoms with van der Waals surface area (Å²) in [5.74, 6) is 0.120. The van der Waals surface area contributed by atoms with Gasteiger partial charge in [-0.15, -0.1) is 0 Å². The maximum atomic E-state index is 12.0. The molecule has 0 atom stereocenters. The van der Waals surface area contributed by atoms with Crippen LogP contribution in [0.25, 0.3) is 0 Å².